The van der Waals surface area contributed by atoms with Gasteiger partial charge in [-0.3, -0.25) is 0 Å². The smallest absolute Gasteiger partial charge is 0.0319 e. The summed E-state index contributed by atoms with van der Waals surface area (Å²) in [5.74, 6) is 0. The van der Waals surface area contributed by atoms with Crippen LogP contribution in [-0.4, -0.2) is 12.2 Å². The van der Waals surface area contributed by atoms with Gasteiger partial charge >= 0.3 is 0 Å². The molecule has 0 amide bonds. The Balaban J connectivity index is -0.000000000500. The van der Waals surface area contributed by atoms with Crippen LogP contribution in [0.15, 0.2) is 0 Å². The maximum atomic E-state index is 7.00. The summed E-state index contributed by atoms with van der Waals surface area (Å²) in [4.78, 5) is 0. The molecule has 0 atom stereocenters. The SMILES string of the molecule is C.C.C.CO.[CH3-].[Y]. The second-order valence-electron chi connectivity index (χ2n) is 0. The molecule has 0 spiro atoms. The van der Waals surface area contributed by atoms with Crippen LogP contribution in [0, 0.1) is 7.43 Å². The number of aliphatic hydroxyl groups excluding tert-OH is 1. The van der Waals surface area contributed by atoms with Gasteiger partial charge in [-0.05, 0) is 0 Å². The Morgan fingerprint density at radius 2 is 0.857 bits per heavy atom. The van der Waals surface area contributed by atoms with E-state index in [0.29, 0.717) is 0 Å². The monoisotopic (exact) mass is 184 g/mol. The molecule has 0 bridgehead atoms. The van der Waals surface area contributed by atoms with Crippen LogP contribution in [0.4, 0.5) is 0 Å². The van der Waals surface area contributed by atoms with E-state index in [1.54, 1.807) is 0 Å². The third-order valence-electron chi connectivity index (χ3n) is 0. The molecule has 0 aliphatic heterocycles. The van der Waals surface area contributed by atoms with Gasteiger partial charge in [-0.25, -0.2) is 0 Å². The average Bonchev–Trinajstić information content (AvgIpc) is 1.00. The third kappa shape index (κ3) is 160. The van der Waals surface area contributed by atoms with Crippen LogP contribution in [0.5, 0.6) is 0 Å². The summed E-state index contributed by atoms with van der Waals surface area (Å²) in [5.41, 5.74) is 0. The van der Waals surface area contributed by atoms with Crippen LogP contribution < -0.4 is 0 Å². The van der Waals surface area contributed by atoms with Crippen molar-refractivity contribution in [2.24, 2.45) is 0 Å². The fourth-order valence-corrected chi connectivity index (χ4v) is 0. The van der Waals surface area contributed by atoms with E-state index in [4.69, 9.17) is 5.11 Å². The Labute approximate surface area is 74.4 Å². The first kappa shape index (κ1) is 94.5. The van der Waals surface area contributed by atoms with Crippen molar-refractivity contribution in [3.8, 4) is 0 Å². The van der Waals surface area contributed by atoms with Crippen LogP contribution in [-0.2, 0) is 32.7 Å². The Morgan fingerprint density at radius 1 is 0.857 bits per heavy atom. The summed E-state index contributed by atoms with van der Waals surface area (Å²) >= 11 is 0. The van der Waals surface area contributed by atoms with Crippen molar-refractivity contribution in [1.29, 1.82) is 0 Å². The molecule has 49 valence electrons. The summed E-state index contributed by atoms with van der Waals surface area (Å²) in [6.07, 6.45) is 0. The molecule has 0 aromatic heterocycles. The van der Waals surface area contributed by atoms with Crippen molar-refractivity contribution in [3.05, 3.63) is 7.43 Å². The number of rotatable bonds is 0. The van der Waals surface area contributed by atoms with Crippen LogP contribution in [0.2, 0.25) is 0 Å². The molecule has 1 radical (unpaired) electrons. The molecule has 2 heteroatoms. The largest absolute Gasteiger partial charge is 0.400 e. The molecule has 0 unspecified atom stereocenters. The molecular formula is C5H19OY-. The fourth-order valence-electron chi connectivity index (χ4n) is 0. The molecule has 1 nitrogen and oxygen atoms in total. The second kappa shape index (κ2) is 229. The molecule has 0 saturated carbocycles. The van der Waals surface area contributed by atoms with Gasteiger partial charge in [0.05, 0.1) is 0 Å². The first-order valence-corrected chi connectivity index (χ1v) is 0.447. The topological polar surface area (TPSA) is 20.2 Å². The van der Waals surface area contributed by atoms with E-state index in [9.17, 15) is 0 Å². The van der Waals surface area contributed by atoms with Crippen molar-refractivity contribution in [3.63, 3.8) is 0 Å². The molecule has 0 aliphatic rings. The first-order chi connectivity index (χ1) is 1.00. The zero-order valence-corrected chi connectivity index (χ0v) is 5.86. The summed E-state index contributed by atoms with van der Waals surface area (Å²) < 4.78 is 0. The zero-order valence-electron chi connectivity index (χ0n) is 3.02. The summed E-state index contributed by atoms with van der Waals surface area (Å²) in [6.45, 7) is 0. The van der Waals surface area contributed by atoms with Crippen LogP contribution in [0.25, 0.3) is 0 Å². The van der Waals surface area contributed by atoms with Gasteiger partial charge < -0.3 is 12.5 Å². The molecule has 1 N–H and O–H groups in total. The molecule has 0 heterocycles. The third-order valence-corrected chi connectivity index (χ3v) is 0. The molecule has 0 aromatic carbocycles. The molecule has 0 aromatic rings. The van der Waals surface area contributed by atoms with Crippen molar-refractivity contribution in [1.82, 2.24) is 0 Å². The summed E-state index contributed by atoms with van der Waals surface area (Å²) in [6, 6.07) is 0. The molecule has 7 heavy (non-hydrogen) atoms. The normalized spacial score (nSPS) is 0.857. The second-order valence-corrected chi connectivity index (χ2v) is 0. The number of hydrogen-bond acceptors (Lipinski definition) is 1. The van der Waals surface area contributed by atoms with E-state index >= 15 is 0 Å². The van der Waals surface area contributed by atoms with Crippen LogP contribution in [0.3, 0.4) is 0 Å². The van der Waals surface area contributed by atoms with Gasteiger partial charge in [-0.2, -0.15) is 0 Å². The average molecular weight is 184 g/mol. The van der Waals surface area contributed by atoms with E-state index in [1.807, 2.05) is 0 Å². The Bertz CT molecular complexity index is 8.04. The zero-order chi connectivity index (χ0) is 2.00. The maximum Gasteiger partial charge on any atom is 0.0319 e. The van der Waals surface area contributed by atoms with Gasteiger partial charge in [0.1, 0.15) is 0 Å². The van der Waals surface area contributed by atoms with Crippen molar-refractivity contribution in [2.45, 2.75) is 22.3 Å². The van der Waals surface area contributed by atoms with E-state index in [1.165, 1.54) is 0 Å². The van der Waals surface area contributed by atoms with Gasteiger partial charge in [0.25, 0.3) is 0 Å². The minimum atomic E-state index is 0. The predicted octanol–water partition coefficient (Wildman–Crippen LogP) is 1.96. The van der Waals surface area contributed by atoms with Crippen molar-refractivity contribution >= 4 is 0 Å². The van der Waals surface area contributed by atoms with Gasteiger partial charge in [0.2, 0.25) is 0 Å². The van der Waals surface area contributed by atoms with Gasteiger partial charge in [0, 0.05) is 39.8 Å². The Kier molecular flexibility index (Phi) is 3100. The molecular weight excluding hydrogens is 165 g/mol. The van der Waals surface area contributed by atoms with E-state index in [0.717, 1.165) is 7.11 Å². The summed E-state index contributed by atoms with van der Waals surface area (Å²) in [5, 5.41) is 7.00. The Morgan fingerprint density at radius 3 is 0.857 bits per heavy atom. The van der Waals surface area contributed by atoms with Crippen LogP contribution in [0.1, 0.15) is 22.3 Å². The minimum Gasteiger partial charge on any atom is -0.400 e. The molecule has 0 fully saturated rings. The van der Waals surface area contributed by atoms with Crippen molar-refractivity contribution < 1.29 is 37.8 Å². The fraction of sp³-hybridized carbons (Fsp3) is 0.800. The molecule has 0 aliphatic carbocycles. The van der Waals surface area contributed by atoms with E-state index < -0.39 is 0 Å². The first-order valence-electron chi connectivity index (χ1n) is 0.447. The maximum absolute atomic E-state index is 7.00. The van der Waals surface area contributed by atoms with Gasteiger partial charge in [-0.15, -0.1) is 0 Å². The standard InChI is InChI=1S/CH4O.3CH4.CH3.Y/c1-2;;;;;/h2H,1H3;3*1H4;1H3;/q;;;;-1;. The van der Waals surface area contributed by atoms with E-state index in [-0.39, 0.29) is 62.4 Å². The number of aliphatic hydroxyl groups is 1. The molecule has 0 rings (SSSR count). The molecule has 0 saturated heterocycles. The quantitative estimate of drug-likeness (QED) is 0.570. The van der Waals surface area contributed by atoms with Crippen molar-refractivity contribution in [2.75, 3.05) is 7.11 Å². The van der Waals surface area contributed by atoms with Crippen LogP contribution >= 0.6 is 0 Å². The summed E-state index contributed by atoms with van der Waals surface area (Å²) in [7, 11) is 1.00. The Hall–Kier alpha value is 1.06. The number of hydrogen-bond donors (Lipinski definition) is 1. The minimum absolute atomic E-state index is 0. The van der Waals surface area contributed by atoms with Gasteiger partial charge in [0.15, 0.2) is 0 Å². The van der Waals surface area contributed by atoms with Gasteiger partial charge in [-0.1, -0.05) is 22.3 Å². The predicted molar refractivity (Wildman–Crippen MR) is 34.7 cm³/mol. The van der Waals surface area contributed by atoms with E-state index in [2.05, 4.69) is 0 Å².